The summed E-state index contributed by atoms with van der Waals surface area (Å²) in [6.45, 7) is 3.84. The van der Waals surface area contributed by atoms with Gasteiger partial charge in [-0.15, -0.1) is 0 Å². The van der Waals surface area contributed by atoms with E-state index in [0.29, 0.717) is 0 Å². The number of hydrogen-bond acceptors (Lipinski definition) is 2. The molecule has 0 bridgehead atoms. The molecule has 2 atom stereocenters. The summed E-state index contributed by atoms with van der Waals surface area (Å²) in [6, 6.07) is 8.04. The first-order valence-corrected chi connectivity index (χ1v) is 7.33. The molecule has 1 aromatic carbocycles. The third kappa shape index (κ3) is 1.53. The van der Waals surface area contributed by atoms with Gasteiger partial charge in [-0.1, -0.05) is 24.3 Å². The molecule has 1 heterocycles. The fourth-order valence-electron chi connectivity index (χ4n) is 3.01. The first-order valence-electron chi connectivity index (χ1n) is 5.89. The van der Waals surface area contributed by atoms with Crippen molar-refractivity contribution in [2.45, 2.75) is 38.4 Å². The molecule has 4 nitrogen and oxygen atoms in total. The molecule has 3 rings (SSSR count). The highest BCUT2D eigenvalue weighted by atomic mass is 32.2. The third-order valence-electron chi connectivity index (χ3n) is 3.59. The lowest BCUT2D eigenvalue weighted by Crippen LogP contribution is -2.40. The number of hydrogen-bond donors (Lipinski definition) is 1. The number of benzene rings is 1. The Morgan fingerprint density at radius 1 is 1.35 bits per heavy atom. The molecule has 0 radical (unpaired) electrons. The first kappa shape index (κ1) is 11.2. The average molecular weight is 252 g/mol. The predicted octanol–water partition coefficient (Wildman–Crippen LogP) is 1.21. The largest absolute Gasteiger partial charge is 0.280 e. The Hall–Kier alpha value is -0.910. The minimum absolute atomic E-state index is 0.00295. The zero-order valence-corrected chi connectivity index (χ0v) is 10.7. The second-order valence-electron chi connectivity index (χ2n) is 4.99. The highest BCUT2D eigenvalue weighted by Crippen LogP contribution is 2.41. The van der Waals surface area contributed by atoms with Crippen molar-refractivity contribution in [3.05, 3.63) is 35.4 Å². The van der Waals surface area contributed by atoms with Crippen molar-refractivity contribution in [1.29, 1.82) is 0 Å². The highest BCUT2D eigenvalue weighted by Gasteiger charge is 2.50. The van der Waals surface area contributed by atoms with Crippen molar-refractivity contribution in [3.8, 4) is 0 Å². The summed E-state index contributed by atoms with van der Waals surface area (Å²) in [4.78, 5) is 0. The molecule has 0 aromatic heterocycles. The van der Waals surface area contributed by atoms with E-state index in [1.807, 2.05) is 32.0 Å². The molecule has 17 heavy (non-hydrogen) atoms. The van der Waals surface area contributed by atoms with Gasteiger partial charge in [0.05, 0.1) is 12.1 Å². The van der Waals surface area contributed by atoms with E-state index in [0.717, 1.165) is 12.0 Å². The van der Waals surface area contributed by atoms with E-state index in [-0.39, 0.29) is 18.1 Å². The summed E-state index contributed by atoms with van der Waals surface area (Å²) in [5.74, 6) is 0. The zero-order chi connectivity index (χ0) is 12.2. The van der Waals surface area contributed by atoms with Crippen LogP contribution in [-0.2, 0) is 16.6 Å². The highest BCUT2D eigenvalue weighted by molar-refractivity contribution is 7.87. The van der Waals surface area contributed by atoms with Gasteiger partial charge in [-0.3, -0.25) is 0 Å². The minimum Gasteiger partial charge on any atom is -0.195 e. The summed E-state index contributed by atoms with van der Waals surface area (Å²) in [5, 5.41) is 0. The number of fused-ring (bicyclic) bond motifs is 3. The van der Waals surface area contributed by atoms with Crippen molar-refractivity contribution in [2.24, 2.45) is 0 Å². The SMILES string of the molecule is CC(C)N1[C@H]2Cc3ccccc3[C@H]2NS1(=O)=O. The van der Waals surface area contributed by atoms with Crippen molar-refractivity contribution in [2.75, 3.05) is 0 Å². The maximum absolute atomic E-state index is 12.0. The van der Waals surface area contributed by atoms with Crippen LogP contribution in [0.15, 0.2) is 24.3 Å². The minimum atomic E-state index is -3.30. The van der Waals surface area contributed by atoms with Crippen LogP contribution in [0, 0.1) is 0 Å². The van der Waals surface area contributed by atoms with Gasteiger partial charge in [-0.25, -0.2) is 0 Å². The third-order valence-corrected chi connectivity index (χ3v) is 5.39. The van der Waals surface area contributed by atoms with E-state index in [2.05, 4.69) is 10.8 Å². The molecular weight excluding hydrogens is 236 g/mol. The van der Waals surface area contributed by atoms with Crippen LogP contribution < -0.4 is 4.72 Å². The molecule has 1 aromatic rings. The molecule has 1 N–H and O–H groups in total. The molecule has 1 fully saturated rings. The Kier molecular flexibility index (Phi) is 2.33. The maximum atomic E-state index is 12.0. The van der Waals surface area contributed by atoms with Gasteiger partial charge in [0.2, 0.25) is 0 Å². The quantitative estimate of drug-likeness (QED) is 0.816. The maximum Gasteiger partial charge on any atom is 0.280 e. The zero-order valence-electron chi connectivity index (χ0n) is 9.92. The standard InChI is InChI=1S/C12H16N2O2S/c1-8(2)14-11-7-9-5-3-4-6-10(9)12(11)13-17(14,15)16/h3-6,8,11-13H,7H2,1-2H3/t11-,12+/m0/s1. The molecule has 0 spiro atoms. The summed E-state index contributed by atoms with van der Waals surface area (Å²) in [5.41, 5.74) is 2.39. The van der Waals surface area contributed by atoms with Crippen molar-refractivity contribution in [3.63, 3.8) is 0 Å². The van der Waals surface area contributed by atoms with Gasteiger partial charge in [-0.05, 0) is 31.4 Å². The van der Waals surface area contributed by atoms with E-state index >= 15 is 0 Å². The smallest absolute Gasteiger partial charge is 0.195 e. The Bertz CT molecular complexity index is 553. The van der Waals surface area contributed by atoms with Gasteiger partial charge >= 0.3 is 0 Å². The van der Waals surface area contributed by atoms with Crippen LogP contribution in [0.4, 0.5) is 0 Å². The van der Waals surface area contributed by atoms with Gasteiger partial charge in [0.25, 0.3) is 10.2 Å². The van der Waals surface area contributed by atoms with E-state index < -0.39 is 10.2 Å². The van der Waals surface area contributed by atoms with E-state index in [4.69, 9.17) is 0 Å². The summed E-state index contributed by atoms with van der Waals surface area (Å²) in [6.07, 6.45) is 0.811. The van der Waals surface area contributed by atoms with Crippen molar-refractivity contribution >= 4 is 10.2 Å². The molecule has 0 unspecified atom stereocenters. The summed E-state index contributed by atoms with van der Waals surface area (Å²) in [7, 11) is -3.30. The van der Waals surface area contributed by atoms with E-state index in [1.165, 1.54) is 5.56 Å². The molecule has 1 saturated heterocycles. The molecule has 92 valence electrons. The van der Waals surface area contributed by atoms with E-state index in [1.54, 1.807) is 4.31 Å². The monoisotopic (exact) mass is 252 g/mol. The van der Waals surface area contributed by atoms with Crippen molar-refractivity contribution in [1.82, 2.24) is 9.03 Å². The lowest BCUT2D eigenvalue weighted by Gasteiger charge is -2.24. The normalized spacial score (nSPS) is 30.5. The Balaban J connectivity index is 2.07. The summed E-state index contributed by atoms with van der Waals surface area (Å²) >= 11 is 0. The number of rotatable bonds is 1. The fraction of sp³-hybridized carbons (Fsp3) is 0.500. The molecule has 0 saturated carbocycles. The van der Waals surface area contributed by atoms with Gasteiger partial charge in [-0.2, -0.15) is 17.4 Å². The van der Waals surface area contributed by atoms with Crippen molar-refractivity contribution < 1.29 is 8.42 Å². The van der Waals surface area contributed by atoms with Crippen LogP contribution in [0.2, 0.25) is 0 Å². The van der Waals surface area contributed by atoms with Crippen LogP contribution in [-0.4, -0.2) is 24.8 Å². The van der Waals surface area contributed by atoms with Crippen LogP contribution in [0.5, 0.6) is 0 Å². The topological polar surface area (TPSA) is 49.4 Å². The van der Waals surface area contributed by atoms with Crippen LogP contribution in [0.25, 0.3) is 0 Å². The van der Waals surface area contributed by atoms with Gasteiger partial charge in [0.1, 0.15) is 0 Å². The van der Waals surface area contributed by atoms with Gasteiger partial charge in [0.15, 0.2) is 0 Å². The second-order valence-corrected chi connectivity index (χ2v) is 6.60. The molecule has 1 aliphatic heterocycles. The lowest BCUT2D eigenvalue weighted by molar-refractivity contribution is 0.284. The van der Waals surface area contributed by atoms with Crippen LogP contribution >= 0.6 is 0 Å². The van der Waals surface area contributed by atoms with Gasteiger partial charge in [0, 0.05) is 6.04 Å². The van der Waals surface area contributed by atoms with Gasteiger partial charge < -0.3 is 0 Å². The fourth-order valence-corrected chi connectivity index (χ4v) is 4.85. The molecule has 5 heteroatoms. The lowest BCUT2D eigenvalue weighted by atomic mass is 10.1. The Labute approximate surface area is 102 Å². The second kappa shape index (κ2) is 3.54. The Morgan fingerprint density at radius 2 is 2.06 bits per heavy atom. The summed E-state index contributed by atoms with van der Waals surface area (Å²) < 4.78 is 28.5. The molecule has 1 aliphatic carbocycles. The Morgan fingerprint density at radius 3 is 2.76 bits per heavy atom. The molecule has 0 amide bonds. The van der Waals surface area contributed by atoms with Crippen LogP contribution in [0.3, 0.4) is 0 Å². The van der Waals surface area contributed by atoms with E-state index in [9.17, 15) is 8.42 Å². The van der Waals surface area contributed by atoms with Crippen LogP contribution in [0.1, 0.15) is 31.0 Å². The predicted molar refractivity (Wildman–Crippen MR) is 65.7 cm³/mol. The first-order chi connectivity index (χ1) is 8.00. The average Bonchev–Trinajstić information content (AvgIpc) is 2.68. The number of nitrogens with one attached hydrogen (secondary N) is 1. The molecule has 2 aliphatic rings. The number of nitrogens with zero attached hydrogens (tertiary/aromatic N) is 1. The molecular formula is C12H16N2O2S.